The number of alkyl carbamates (subject to hydrolysis) is 1. The van der Waals surface area contributed by atoms with Crippen LogP contribution in [0.2, 0.25) is 0 Å². The summed E-state index contributed by atoms with van der Waals surface area (Å²) < 4.78 is 21.8. The van der Waals surface area contributed by atoms with Crippen molar-refractivity contribution in [3.8, 4) is 11.5 Å². The van der Waals surface area contributed by atoms with E-state index in [-0.39, 0.29) is 37.4 Å². The number of rotatable bonds is 3. The van der Waals surface area contributed by atoms with Crippen molar-refractivity contribution in [1.29, 1.82) is 0 Å². The molecule has 0 unspecified atom stereocenters. The van der Waals surface area contributed by atoms with Gasteiger partial charge in [-0.15, -0.1) is 12.4 Å². The van der Waals surface area contributed by atoms with Crippen LogP contribution in [0.3, 0.4) is 0 Å². The van der Waals surface area contributed by atoms with E-state index in [9.17, 15) is 19.2 Å². The molecule has 0 saturated heterocycles. The maximum Gasteiger partial charge on any atom is 0.414 e. The lowest BCUT2D eigenvalue weighted by atomic mass is 10.2. The summed E-state index contributed by atoms with van der Waals surface area (Å²) in [4.78, 5) is 53.4. The lowest BCUT2D eigenvalue weighted by molar-refractivity contribution is -0.121. The average molecular weight is 679 g/mol. The van der Waals surface area contributed by atoms with E-state index >= 15 is 0 Å². The number of nitrogens with one attached hydrogen (secondary N) is 2. The number of carbonyl (C=O) groups excluding carboxylic acids is 4. The SMILES string of the molecule is CN(C(=O)OC(C)(C)C)c1ccc2c(c1)N(C)C(=O)[C@@H](NC(=O)OC(C)(C)C)CO2.CNc1ccc2c(c1)N(C)C(=O)[C@@H](N)CO2.Cl. The summed E-state index contributed by atoms with van der Waals surface area (Å²) in [5, 5.41) is 5.57. The molecule has 0 radical (unpaired) electrons. The van der Waals surface area contributed by atoms with Crippen molar-refractivity contribution in [1.82, 2.24) is 5.32 Å². The van der Waals surface area contributed by atoms with Crippen molar-refractivity contribution < 1.29 is 38.1 Å². The average Bonchev–Trinajstić information content (AvgIpc) is 3.15. The fraction of sp³-hybridized carbons (Fsp3) is 0.500. The first-order chi connectivity index (χ1) is 21.3. The molecule has 14 nitrogen and oxygen atoms in total. The topological polar surface area (TPSA) is 165 Å². The lowest BCUT2D eigenvalue weighted by Crippen LogP contribution is -2.50. The molecule has 260 valence electrons. The van der Waals surface area contributed by atoms with Crippen LogP contribution in [0.4, 0.5) is 32.3 Å². The van der Waals surface area contributed by atoms with Gasteiger partial charge in [0.1, 0.15) is 48.0 Å². The predicted molar refractivity (Wildman–Crippen MR) is 183 cm³/mol. The molecule has 4 rings (SSSR count). The maximum absolute atomic E-state index is 12.9. The van der Waals surface area contributed by atoms with E-state index in [4.69, 9.17) is 24.7 Å². The molecule has 0 fully saturated rings. The third-order valence-corrected chi connectivity index (χ3v) is 6.76. The Hall–Kier alpha value is -4.43. The zero-order chi connectivity index (χ0) is 34.6. The standard InChI is InChI=1S/C21H31N3O6.C11H15N3O2.ClH/c1-20(2,3)29-18(26)22-14-12-28-16-10-9-13(11-15(16)24(8)17(14)25)23(7)19(27)30-21(4,5)6;1-13-7-3-4-10-9(5-7)14(2)11(15)8(12)6-16-10;/h9-11,14H,12H2,1-8H3,(H,22,26);3-5,8,13H,6,12H2,1-2H3;1H/t14-;8-;/m00./s1. The smallest absolute Gasteiger partial charge is 0.414 e. The summed E-state index contributed by atoms with van der Waals surface area (Å²) in [5.41, 5.74) is 7.04. The zero-order valence-corrected chi connectivity index (χ0v) is 29.4. The second kappa shape index (κ2) is 15.4. The van der Waals surface area contributed by atoms with Gasteiger partial charge in [0.25, 0.3) is 5.91 Å². The van der Waals surface area contributed by atoms with Gasteiger partial charge >= 0.3 is 12.2 Å². The Labute approximate surface area is 282 Å². The van der Waals surface area contributed by atoms with Crippen LogP contribution in [-0.4, -0.2) is 88.7 Å². The van der Waals surface area contributed by atoms with Crippen molar-refractivity contribution in [2.24, 2.45) is 5.73 Å². The van der Waals surface area contributed by atoms with Crippen LogP contribution in [0, 0.1) is 0 Å². The first kappa shape index (κ1) is 38.8. The van der Waals surface area contributed by atoms with Gasteiger partial charge in [-0.25, -0.2) is 9.59 Å². The number of halogens is 1. The molecule has 2 atom stereocenters. The quantitative estimate of drug-likeness (QED) is 0.430. The van der Waals surface area contributed by atoms with E-state index in [0.29, 0.717) is 22.9 Å². The monoisotopic (exact) mass is 678 g/mol. The normalized spacial score (nSPS) is 17.4. The molecule has 47 heavy (non-hydrogen) atoms. The minimum atomic E-state index is -0.913. The highest BCUT2D eigenvalue weighted by atomic mass is 35.5. The second-order valence-electron chi connectivity index (χ2n) is 12.8. The van der Waals surface area contributed by atoms with Crippen LogP contribution < -0.4 is 40.5 Å². The molecule has 4 amide bonds. The Morgan fingerprint density at radius 2 is 1.40 bits per heavy atom. The summed E-state index contributed by atoms with van der Waals surface area (Å²) in [5.74, 6) is 0.646. The molecule has 15 heteroatoms. The summed E-state index contributed by atoms with van der Waals surface area (Å²) in [7, 11) is 6.70. The van der Waals surface area contributed by atoms with Crippen molar-refractivity contribution in [3.63, 3.8) is 0 Å². The van der Waals surface area contributed by atoms with Crippen LogP contribution in [0.15, 0.2) is 36.4 Å². The van der Waals surface area contributed by atoms with Crippen LogP contribution in [0.5, 0.6) is 11.5 Å². The molecular weight excluding hydrogens is 632 g/mol. The summed E-state index contributed by atoms with van der Waals surface area (Å²) in [6.45, 7) is 10.7. The molecular formula is C32H47ClN6O8. The number of ether oxygens (including phenoxy) is 4. The maximum atomic E-state index is 12.9. The zero-order valence-electron chi connectivity index (χ0n) is 28.6. The van der Waals surface area contributed by atoms with Crippen molar-refractivity contribution in [3.05, 3.63) is 36.4 Å². The van der Waals surface area contributed by atoms with Gasteiger partial charge in [0, 0.05) is 39.6 Å². The van der Waals surface area contributed by atoms with Gasteiger partial charge in [0.15, 0.2) is 0 Å². The van der Waals surface area contributed by atoms with E-state index in [1.54, 1.807) is 80.9 Å². The van der Waals surface area contributed by atoms with Gasteiger partial charge in [0.05, 0.1) is 11.4 Å². The third kappa shape index (κ3) is 10.3. The van der Waals surface area contributed by atoms with E-state index in [1.807, 2.05) is 25.2 Å². The van der Waals surface area contributed by atoms with Gasteiger partial charge in [-0.1, -0.05) is 0 Å². The molecule has 2 aromatic carbocycles. The number of nitrogens with two attached hydrogens (primary N) is 1. The third-order valence-electron chi connectivity index (χ3n) is 6.76. The number of hydrogen-bond donors (Lipinski definition) is 3. The van der Waals surface area contributed by atoms with Crippen molar-refractivity contribution in [2.45, 2.75) is 64.8 Å². The first-order valence-corrected chi connectivity index (χ1v) is 14.8. The molecule has 4 N–H and O–H groups in total. The number of hydrogen-bond acceptors (Lipinski definition) is 10. The van der Waals surface area contributed by atoms with Gasteiger partial charge in [0.2, 0.25) is 5.91 Å². The highest BCUT2D eigenvalue weighted by Gasteiger charge is 2.33. The fourth-order valence-corrected chi connectivity index (χ4v) is 4.36. The van der Waals surface area contributed by atoms with Gasteiger partial charge in [-0.05, 0) is 77.9 Å². The number of carbonyl (C=O) groups is 4. The van der Waals surface area contributed by atoms with E-state index in [0.717, 1.165) is 11.4 Å². The number of likely N-dealkylation sites (N-methyl/N-ethyl adjacent to an activating group) is 2. The Morgan fingerprint density at radius 3 is 1.98 bits per heavy atom. The van der Waals surface area contributed by atoms with E-state index < -0.39 is 35.5 Å². The van der Waals surface area contributed by atoms with Crippen molar-refractivity contribution >= 4 is 59.2 Å². The molecule has 0 saturated carbocycles. The number of amides is 4. The molecule has 2 aliphatic heterocycles. The molecule has 2 heterocycles. The van der Waals surface area contributed by atoms with Crippen LogP contribution in [0.25, 0.3) is 0 Å². The summed E-state index contributed by atoms with van der Waals surface area (Å²) in [6.07, 6.45) is -1.22. The van der Waals surface area contributed by atoms with E-state index in [1.165, 1.54) is 14.7 Å². The van der Waals surface area contributed by atoms with Crippen LogP contribution in [0.1, 0.15) is 41.5 Å². The predicted octanol–water partition coefficient (Wildman–Crippen LogP) is 4.14. The molecule has 2 aromatic rings. The van der Waals surface area contributed by atoms with E-state index in [2.05, 4.69) is 10.6 Å². The molecule has 0 bridgehead atoms. The van der Waals surface area contributed by atoms with Crippen molar-refractivity contribution in [2.75, 3.05) is 61.4 Å². The van der Waals surface area contributed by atoms with Gasteiger partial charge in [-0.3, -0.25) is 14.5 Å². The lowest BCUT2D eigenvalue weighted by Gasteiger charge is -2.26. The Kier molecular flexibility index (Phi) is 12.7. The minimum absolute atomic E-state index is 0. The number of fused-ring (bicyclic) bond motifs is 2. The van der Waals surface area contributed by atoms with Gasteiger partial charge in [-0.2, -0.15) is 0 Å². The summed E-state index contributed by atoms with van der Waals surface area (Å²) >= 11 is 0. The van der Waals surface area contributed by atoms with Crippen LogP contribution >= 0.6 is 12.4 Å². The Morgan fingerprint density at radius 1 is 0.872 bits per heavy atom. The number of anilines is 4. The highest BCUT2D eigenvalue weighted by Crippen LogP contribution is 2.35. The Bertz CT molecular complexity index is 1460. The fourth-order valence-electron chi connectivity index (χ4n) is 4.36. The molecule has 0 aromatic heterocycles. The highest BCUT2D eigenvalue weighted by molar-refractivity contribution is 6.01. The largest absolute Gasteiger partial charge is 0.489 e. The first-order valence-electron chi connectivity index (χ1n) is 14.8. The Balaban J connectivity index is 0.000000380. The van der Waals surface area contributed by atoms with Crippen LogP contribution in [-0.2, 0) is 19.1 Å². The second-order valence-corrected chi connectivity index (χ2v) is 12.8. The van der Waals surface area contributed by atoms with Gasteiger partial charge < -0.3 is 45.1 Å². The molecule has 0 spiro atoms. The number of nitrogens with zero attached hydrogens (tertiary/aromatic N) is 3. The minimum Gasteiger partial charge on any atom is -0.489 e. The number of benzene rings is 2. The molecule has 2 aliphatic rings. The molecule has 0 aliphatic carbocycles. The summed E-state index contributed by atoms with van der Waals surface area (Å²) in [6, 6.07) is 9.11.